The Morgan fingerprint density at radius 3 is 2.37 bits per heavy atom. The van der Waals surface area contributed by atoms with Crippen LogP contribution in [-0.4, -0.2) is 32.3 Å². The lowest BCUT2D eigenvalue weighted by atomic mass is 10.1. The molecule has 5 nitrogen and oxygen atoms in total. The predicted molar refractivity (Wildman–Crippen MR) is 101 cm³/mol. The van der Waals surface area contributed by atoms with Gasteiger partial charge in [0.05, 0.1) is 17.8 Å². The van der Waals surface area contributed by atoms with Gasteiger partial charge in [-0.25, -0.2) is 5.43 Å². The van der Waals surface area contributed by atoms with Gasteiger partial charge in [-0.05, 0) is 42.8 Å². The van der Waals surface area contributed by atoms with Crippen LogP contribution in [0.25, 0.3) is 0 Å². The molecule has 0 radical (unpaired) electrons. The molecule has 144 valence electrons. The third-order valence-electron chi connectivity index (χ3n) is 3.79. The van der Waals surface area contributed by atoms with Crippen LogP contribution in [0.4, 0.5) is 24.5 Å². The van der Waals surface area contributed by atoms with E-state index < -0.39 is 17.6 Å². The Bertz CT molecular complexity index is 814. The first-order valence-corrected chi connectivity index (χ1v) is 8.19. The fraction of sp³-hybridized carbons (Fsp3) is 0.263. The summed E-state index contributed by atoms with van der Waals surface area (Å²) in [6, 6.07) is 12.3. The second-order valence-electron chi connectivity index (χ2n) is 6.11. The number of amides is 1. The zero-order valence-corrected chi connectivity index (χ0v) is 15.3. The molecule has 0 bridgehead atoms. The standard InChI is InChI=1S/C19H21F3N4O/c1-13(14-7-9-17(10-8-14)26(2)3)24-25-18(27)12-23-16-6-4-5-15(11-16)19(20,21)22/h4-11,23H,12H2,1-3H3,(H,25,27)/b24-13-. The number of carbonyl (C=O) groups excluding carboxylic acids is 1. The van der Waals surface area contributed by atoms with E-state index in [2.05, 4.69) is 15.8 Å². The quantitative estimate of drug-likeness (QED) is 0.595. The van der Waals surface area contributed by atoms with Crippen LogP contribution in [0, 0.1) is 0 Å². The average molecular weight is 378 g/mol. The lowest BCUT2D eigenvalue weighted by Gasteiger charge is -2.12. The summed E-state index contributed by atoms with van der Waals surface area (Å²) in [6.45, 7) is 1.56. The van der Waals surface area contributed by atoms with Crippen molar-refractivity contribution in [2.45, 2.75) is 13.1 Å². The maximum absolute atomic E-state index is 12.7. The van der Waals surface area contributed by atoms with Gasteiger partial charge in [0.1, 0.15) is 0 Å². The second-order valence-corrected chi connectivity index (χ2v) is 6.11. The van der Waals surface area contributed by atoms with Crippen LogP contribution in [0.5, 0.6) is 0 Å². The SMILES string of the molecule is C/C(=N/NC(=O)CNc1cccc(C(F)(F)F)c1)c1ccc(N(C)C)cc1. The lowest BCUT2D eigenvalue weighted by molar-refractivity contribution is -0.137. The van der Waals surface area contributed by atoms with Crippen molar-refractivity contribution in [3.8, 4) is 0 Å². The molecule has 27 heavy (non-hydrogen) atoms. The van der Waals surface area contributed by atoms with Crippen molar-refractivity contribution in [1.29, 1.82) is 0 Å². The molecule has 0 aliphatic carbocycles. The minimum Gasteiger partial charge on any atom is -0.378 e. The normalized spacial score (nSPS) is 11.9. The second kappa shape index (κ2) is 8.57. The molecule has 2 N–H and O–H groups in total. The molecule has 8 heteroatoms. The van der Waals surface area contributed by atoms with Crippen molar-refractivity contribution in [1.82, 2.24) is 5.43 Å². The minimum absolute atomic E-state index is 0.197. The third-order valence-corrected chi connectivity index (χ3v) is 3.79. The summed E-state index contributed by atoms with van der Waals surface area (Å²) in [5, 5.41) is 6.67. The average Bonchev–Trinajstić information content (AvgIpc) is 2.64. The molecule has 0 aromatic heterocycles. The van der Waals surface area contributed by atoms with Crippen LogP contribution in [0.2, 0.25) is 0 Å². The van der Waals surface area contributed by atoms with E-state index in [1.165, 1.54) is 12.1 Å². The molecule has 0 aliphatic rings. The van der Waals surface area contributed by atoms with E-state index in [4.69, 9.17) is 0 Å². The first-order valence-electron chi connectivity index (χ1n) is 8.19. The van der Waals surface area contributed by atoms with E-state index in [1.807, 2.05) is 43.3 Å². The lowest BCUT2D eigenvalue weighted by Crippen LogP contribution is -2.26. The molecule has 1 amide bonds. The predicted octanol–water partition coefficient (Wildman–Crippen LogP) is 3.72. The fourth-order valence-corrected chi connectivity index (χ4v) is 2.24. The molecular formula is C19H21F3N4O. The van der Waals surface area contributed by atoms with E-state index in [9.17, 15) is 18.0 Å². The Morgan fingerprint density at radius 2 is 1.78 bits per heavy atom. The van der Waals surface area contributed by atoms with Crippen LogP contribution in [-0.2, 0) is 11.0 Å². The molecule has 0 fully saturated rings. The molecule has 0 saturated heterocycles. The molecule has 2 aromatic rings. The number of nitrogens with one attached hydrogen (secondary N) is 2. The number of hydrogen-bond donors (Lipinski definition) is 2. The fourth-order valence-electron chi connectivity index (χ4n) is 2.24. The van der Waals surface area contributed by atoms with Crippen molar-refractivity contribution >= 4 is 23.0 Å². The van der Waals surface area contributed by atoms with Gasteiger partial charge < -0.3 is 10.2 Å². The highest BCUT2D eigenvalue weighted by molar-refractivity contribution is 5.99. The van der Waals surface area contributed by atoms with Gasteiger partial charge in [0, 0.05) is 25.5 Å². The number of carbonyl (C=O) groups is 1. The maximum atomic E-state index is 12.7. The van der Waals surface area contributed by atoms with E-state index >= 15 is 0 Å². The van der Waals surface area contributed by atoms with Crippen LogP contribution >= 0.6 is 0 Å². The number of benzene rings is 2. The van der Waals surface area contributed by atoms with Gasteiger partial charge in [-0.3, -0.25) is 4.79 Å². The molecule has 0 unspecified atom stereocenters. The van der Waals surface area contributed by atoms with Gasteiger partial charge in [-0.15, -0.1) is 0 Å². The molecule has 0 saturated carbocycles. The molecule has 2 aromatic carbocycles. The number of hydrazone groups is 1. The zero-order valence-electron chi connectivity index (χ0n) is 15.3. The Hall–Kier alpha value is -3.03. The first-order chi connectivity index (χ1) is 12.7. The van der Waals surface area contributed by atoms with Gasteiger partial charge in [0.25, 0.3) is 5.91 Å². The van der Waals surface area contributed by atoms with Crippen molar-refractivity contribution in [2.75, 3.05) is 30.9 Å². The molecule has 0 spiro atoms. The molecule has 0 heterocycles. The summed E-state index contributed by atoms with van der Waals surface area (Å²) in [7, 11) is 3.88. The summed E-state index contributed by atoms with van der Waals surface area (Å²) in [5.74, 6) is -0.461. The monoisotopic (exact) mass is 378 g/mol. The molecule has 0 atom stereocenters. The third kappa shape index (κ3) is 6.02. The van der Waals surface area contributed by atoms with Gasteiger partial charge in [-0.1, -0.05) is 18.2 Å². The largest absolute Gasteiger partial charge is 0.416 e. The van der Waals surface area contributed by atoms with E-state index in [-0.39, 0.29) is 12.2 Å². The highest BCUT2D eigenvalue weighted by Gasteiger charge is 2.30. The topological polar surface area (TPSA) is 56.7 Å². The zero-order chi connectivity index (χ0) is 20.0. The van der Waals surface area contributed by atoms with Crippen LogP contribution in [0.1, 0.15) is 18.1 Å². The number of nitrogens with zero attached hydrogens (tertiary/aromatic N) is 2. The Kier molecular flexibility index (Phi) is 6.44. The summed E-state index contributed by atoms with van der Waals surface area (Å²) < 4.78 is 38.0. The van der Waals surface area contributed by atoms with Crippen LogP contribution < -0.4 is 15.6 Å². The van der Waals surface area contributed by atoms with Gasteiger partial charge in [0.2, 0.25) is 0 Å². The number of halogens is 3. The number of rotatable bonds is 6. The number of alkyl halides is 3. The molecular weight excluding hydrogens is 357 g/mol. The maximum Gasteiger partial charge on any atom is 0.416 e. The van der Waals surface area contributed by atoms with Crippen molar-refractivity contribution in [2.24, 2.45) is 5.10 Å². The van der Waals surface area contributed by atoms with Crippen LogP contribution in [0.15, 0.2) is 53.6 Å². The van der Waals surface area contributed by atoms with Crippen LogP contribution in [0.3, 0.4) is 0 Å². The number of hydrogen-bond acceptors (Lipinski definition) is 4. The minimum atomic E-state index is -4.43. The summed E-state index contributed by atoms with van der Waals surface area (Å²) in [5.41, 5.74) is 4.33. The summed E-state index contributed by atoms with van der Waals surface area (Å²) >= 11 is 0. The Balaban J connectivity index is 1.91. The van der Waals surface area contributed by atoms with Crippen molar-refractivity contribution in [3.63, 3.8) is 0 Å². The highest BCUT2D eigenvalue weighted by Crippen LogP contribution is 2.30. The molecule has 0 aliphatic heterocycles. The van der Waals surface area contributed by atoms with Gasteiger partial charge in [0.15, 0.2) is 0 Å². The molecule has 2 rings (SSSR count). The Morgan fingerprint density at radius 1 is 1.11 bits per heavy atom. The van der Waals surface area contributed by atoms with E-state index in [0.717, 1.165) is 23.4 Å². The van der Waals surface area contributed by atoms with Gasteiger partial charge >= 0.3 is 6.18 Å². The smallest absolute Gasteiger partial charge is 0.378 e. The summed E-state index contributed by atoms with van der Waals surface area (Å²) in [4.78, 5) is 13.8. The van der Waals surface area contributed by atoms with Crippen molar-refractivity contribution in [3.05, 3.63) is 59.7 Å². The van der Waals surface area contributed by atoms with Crippen molar-refractivity contribution < 1.29 is 18.0 Å². The first kappa shape index (κ1) is 20.3. The number of anilines is 2. The summed E-state index contributed by atoms with van der Waals surface area (Å²) in [6.07, 6.45) is -4.43. The van der Waals surface area contributed by atoms with E-state index in [0.29, 0.717) is 5.71 Å². The van der Waals surface area contributed by atoms with E-state index in [1.54, 1.807) is 6.92 Å². The Labute approximate surface area is 155 Å². The highest BCUT2D eigenvalue weighted by atomic mass is 19.4. The van der Waals surface area contributed by atoms with Gasteiger partial charge in [-0.2, -0.15) is 18.3 Å².